The fourth-order valence-electron chi connectivity index (χ4n) is 1.69. The zero-order valence-corrected chi connectivity index (χ0v) is 9.96. The molecule has 4 heteroatoms. The molecule has 1 aromatic rings. The summed E-state index contributed by atoms with van der Waals surface area (Å²) in [7, 11) is 2.97. The molecule has 0 saturated heterocycles. The summed E-state index contributed by atoms with van der Waals surface area (Å²) in [4.78, 5) is 11.4. The van der Waals surface area contributed by atoms with Crippen LogP contribution >= 0.6 is 0 Å². The highest BCUT2D eigenvalue weighted by Crippen LogP contribution is 2.38. The van der Waals surface area contributed by atoms with Crippen LogP contribution in [0.25, 0.3) is 0 Å². The minimum Gasteiger partial charge on any atom is -0.507 e. The number of phenols is 1. The van der Waals surface area contributed by atoms with E-state index < -0.39 is 0 Å². The van der Waals surface area contributed by atoms with Crippen LogP contribution in [0.4, 0.5) is 0 Å². The van der Waals surface area contributed by atoms with Crippen molar-refractivity contribution in [1.29, 1.82) is 0 Å². The smallest absolute Gasteiger partial charge is 0.167 e. The average molecular weight is 224 g/mol. The number of ether oxygens (including phenoxy) is 2. The zero-order chi connectivity index (χ0) is 12.3. The molecule has 0 unspecified atom stereocenters. The molecule has 0 aromatic heterocycles. The van der Waals surface area contributed by atoms with Crippen LogP contribution in [0.3, 0.4) is 0 Å². The van der Waals surface area contributed by atoms with Crippen molar-refractivity contribution in [3.63, 3.8) is 0 Å². The Morgan fingerprint density at radius 3 is 2.25 bits per heavy atom. The van der Waals surface area contributed by atoms with Crippen molar-refractivity contribution in [2.75, 3.05) is 14.2 Å². The molecule has 0 aliphatic heterocycles. The van der Waals surface area contributed by atoms with Gasteiger partial charge in [0.15, 0.2) is 5.78 Å². The van der Waals surface area contributed by atoms with Crippen LogP contribution < -0.4 is 9.47 Å². The number of benzene rings is 1. The maximum Gasteiger partial charge on any atom is 0.167 e. The molecule has 1 rings (SSSR count). The van der Waals surface area contributed by atoms with Gasteiger partial charge in [0.2, 0.25) is 0 Å². The first kappa shape index (κ1) is 12.4. The summed E-state index contributed by atoms with van der Waals surface area (Å²) in [6.45, 7) is 3.28. The Morgan fingerprint density at radius 2 is 1.88 bits per heavy atom. The van der Waals surface area contributed by atoms with Gasteiger partial charge in [0, 0.05) is 11.6 Å². The molecule has 0 aliphatic carbocycles. The van der Waals surface area contributed by atoms with Crippen molar-refractivity contribution in [3.05, 3.63) is 17.2 Å². The van der Waals surface area contributed by atoms with E-state index >= 15 is 0 Å². The van der Waals surface area contributed by atoms with Crippen LogP contribution in [0.15, 0.2) is 6.07 Å². The topological polar surface area (TPSA) is 55.8 Å². The van der Waals surface area contributed by atoms with E-state index in [0.717, 1.165) is 0 Å². The van der Waals surface area contributed by atoms with Gasteiger partial charge in [0.25, 0.3) is 0 Å². The van der Waals surface area contributed by atoms with Crippen LogP contribution in [0, 0.1) is 0 Å². The molecule has 0 amide bonds. The van der Waals surface area contributed by atoms with Crippen molar-refractivity contribution in [3.8, 4) is 17.2 Å². The first-order valence-corrected chi connectivity index (χ1v) is 5.04. The number of Topliss-reactive ketones (excluding diaryl/α,β-unsaturated/α-hetero) is 1. The lowest BCUT2D eigenvalue weighted by atomic mass is 10.0. The fourth-order valence-corrected chi connectivity index (χ4v) is 1.69. The molecule has 0 fully saturated rings. The molecule has 0 aliphatic rings. The maximum atomic E-state index is 11.4. The molecular formula is C12H16O4. The molecule has 1 aromatic carbocycles. The Bertz CT molecular complexity index is 410. The predicted molar refractivity (Wildman–Crippen MR) is 60.6 cm³/mol. The van der Waals surface area contributed by atoms with Gasteiger partial charge in [-0.05, 0) is 13.3 Å². The number of ketones is 1. The third-order valence-electron chi connectivity index (χ3n) is 2.47. The minimum absolute atomic E-state index is 0.0498. The zero-order valence-electron chi connectivity index (χ0n) is 9.96. The van der Waals surface area contributed by atoms with Gasteiger partial charge in [-0.3, -0.25) is 4.79 Å². The van der Waals surface area contributed by atoms with Gasteiger partial charge in [-0.2, -0.15) is 0 Å². The van der Waals surface area contributed by atoms with Crippen molar-refractivity contribution in [1.82, 2.24) is 0 Å². The lowest BCUT2D eigenvalue weighted by molar-refractivity contribution is 0.101. The SMILES string of the molecule is CCc1c(OC)cc(OC)c(C(C)=O)c1O. The minimum atomic E-state index is -0.230. The summed E-state index contributed by atoms with van der Waals surface area (Å²) in [5.41, 5.74) is 0.827. The highest BCUT2D eigenvalue weighted by Gasteiger charge is 2.20. The fraction of sp³-hybridized carbons (Fsp3) is 0.417. The number of hydrogen-bond acceptors (Lipinski definition) is 4. The number of methoxy groups -OCH3 is 2. The second kappa shape index (κ2) is 4.88. The number of rotatable bonds is 4. The number of hydrogen-bond donors (Lipinski definition) is 1. The third kappa shape index (κ3) is 1.96. The van der Waals surface area contributed by atoms with E-state index in [4.69, 9.17) is 9.47 Å². The van der Waals surface area contributed by atoms with Crippen LogP contribution in [-0.4, -0.2) is 25.1 Å². The Morgan fingerprint density at radius 1 is 1.31 bits per heavy atom. The van der Waals surface area contributed by atoms with Gasteiger partial charge < -0.3 is 14.6 Å². The summed E-state index contributed by atoms with van der Waals surface area (Å²) in [6.07, 6.45) is 0.583. The van der Waals surface area contributed by atoms with Gasteiger partial charge in [-0.1, -0.05) is 6.92 Å². The van der Waals surface area contributed by atoms with Crippen LogP contribution in [0.2, 0.25) is 0 Å². The monoisotopic (exact) mass is 224 g/mol. The van der Waals surface area contributed by atoms with Gasteiger partial charge >= 0.3 is 0 Å². The van der Waals surface area contributed by atoms with Crippen LogP contribution in [0.1, 0.15) is 29.8 Å². The summed E-state index contributed by atoms with van der Waals surface area (Å²) >= 11 is 0. The lowest BCUT2D eigenvalue weighted by Gasteiger charge is -2.15. The molecule has 4 nitrogen and oxygen atoms in total. The first-order chi connectivity index (χ1) is 7.56. The molecule has 0 radical (unpaired) electrons. The molecule has 16 heavy (non-hydrogen) atoms. The molecule has 0 saturated carbocycles. The summed E-state index contributed by atoms with van der Waals surface area (Å²) in [6, 6.07) is 1.62. The van der Waals surface area contributed by atoms with E-state index in [9.17, 15) is 9.90 Å². The van der Waals surface area contributed by atoms with E-state index in [1.807, 2.05) is 6.92 Å². The predicted octanol–water partition coefficient (Wildman–Crippen LogP) is 2.17. The van der Waals surface area contributed by atoms with Gasteiger partial charge in [0.05, 0.1) is 14.2 Å². The standard InChI is InChI=1S/C12H16O4/c1-5-8-9(15-3)6-10(16-4)11(7(2)13)12(8)14/h6,14H,5H2,1-4H3. The Labute approximate surface area is 94.8 Å². The second-order valence-electron chi connectivity index (χ2n) is 3.39. The maximum absolute atomic E-state index is 11.4. The van der Waals surface area contributed by atoms with Crippen LogP contribution in [-0.2, 0) is 6.42 Å². The molecule has 88 valence electrons. The number of phenolic OH excluding ortho intramolecular Hbond substituents is 1. The van der Waals surface area contributed by atoms with Gasteiger partial charge in [-0.15, -0.1) is 0 Å². The molecule has 0 heterocycles. The highest BCUT2D eigenvalue weighted by atomic mass is 16.5. The second-order valence-corrected chi connectivity index (χ2v) is 3.39. The summed E-state index contributed by atoms with van der Waals surface area (Å²) < 4.78 is 10.2. The normalized spacial score (nSPS) is 10.0. The Hall–Kier alpha value is -1.71. The molecule has 0 bridgehead atoms. The van der Waals surface area contributed by atoms with E-state index in [0.29, 0.717) is 23.5 Å². The largest absolute Gasteiger partial charge is 0.507 e. The van der Waals surface area contributed by atoms with E-state index in [1.165, 1.54) is 21.1 Å². The molecule has 1 N–H and O–H groups in total. The first-order valence-electron chi connectivity index (χ1n) is 5.04. The molecule has 0 atom stereocenters. The lowest BCUT2D eigenvalue weighted by Crippen LogP contribution is -2.02. The van der Waals surface area contributed by atoms with E-state index in [-0.39, 0.29) is 17.1 Å². The Kier molecular flexibility index (Phi) is 3.77. The third-order valence-corrected chi connectivity index (χ3v) is 2.47. The average Bonchev–Trinajstić information content (AvgIpc) is 2.26. The van der Waals surface area contributed by atoms with E-state index in [2.05, 4.69) is 0 Å². The number of carbonyl (C=O) groups is 1. The van der Waals surface area contributed by atoms with Crippen molar-refractivity contribution >= 4 is 5.78 Å². The quantitative estimate of drug-likeness (QED) is 0.796. The number of carbonyl (C=O) groups excluding carboxylic acids is 1. The summed E-state index contributed by atoms with van der Waals surface area (Å²) in [5.74, 6) is 0.582. The van der Waals surface area contributed by atoms with Gasteiger partial charge in [0.1, 0.15) is 22.8 Å². The molecular weight excluding hydrogens is 208 g/mol. The molecule has 0 spiro atoms. The van der Waals surface area contributed by atoms with E-state index in [1.54, 1.807) is 6.07 Å². The van der Waals surface area contributed by atoms with Gasteiger partial charge in [-0.25, -0.2) is 0 Å². The van der Waals surface area contributed by atoms with Crippen LogP contribution in [0.5, 0.6) is 17.2 Å². The summed E-state index contributed by atoms with van der Waals surface area (Å²) in [5, 5.41) is 10.0. The van der Waals surface area contributed by atoms with Crippen molar-refractivity contribution < 1.29 is 19.4 Å². The van der Waals surface area contributed by atoms with Crippen molar-refractivity contribution in [2.45, 2.75) is 20.3 Å². The number of aromatic hydroxyl groups is 1. The van der Waals surface area contributed by atoms with Crippen molar-refractivity contribution in [2.24, 2.45) is 0 Å². The highest BCUT2D eigenvalue weighted by molar-refractivity contribution is 6.00. The Balaban J connectivity index is 3.55.